The summed E-state index contributed by atoms with van der Waals surface area (Å²) in [6.45, 7) is 5.07. The summed E-state index contributed by atoms with van der Waals surface area (Å²) in [6.07, 6.45) is 0. The number of nitrogen functional groups attached to an aromatic ring is 1. The van der Waals surface area contributed by atoms with Gasteiger partial charge < -0.3 is 19.9 Å². The molecule has 5 rings (SSSR count). The molecule has 0 spiro atoms. The lowest BCUT2D eigenvalue weighted by molar-refractivity contribution is 0.0332. The number of nitrogens with two attached hydrogens (primary N) is 1. The summed E-state index contributed by atoms with van der Waals surface area (Å²) in [5.41, 5.74) is 11.3. The fourth-order valence-corrected chi connectivity index (χ4v) is 4.10. The van der Waals surface area contributed by atoms with E-state index in [0.717, 1.165) is 11.1 Å². The number of nitrogens with one attached hydrogen (secondary N) is 1. The van der Waals surface area contributed by atoms with Crippen LogP contribution in [0.4, 0.5) is 5.82 Å². The van der Waals surface area contributed by atoms with Gasteiger partial charge in [0.25, 0.3) is 5.91 Å². The molecule has 0 aliphatic carbocycles. The summed E-state index contributed by atoms with van der Waals surface area (Å²) in [5.74, 6) is 0.774. The molecule has 208 valence electrons. The van der Waals surface area contributed by atoms with E-state index in [1.165, 1.54) is 4.68 Å². The van der Waals surface area contributed by atoms with Crippen molar-refractivity contribution in [3.05, 3.63) is 71.0 Å². The Morgan fingerprint density at radius 1 is 1.12 bits per heavy atom. The minimum absolute atomic E-state index is 0.0269. The molecule has 40 heavy (non-hydrogen) atoms. The lowest BCUT2D eigenvalue weighted by atomic mass is 10.1. The predicted octanol–water partition coefficient (Wildman–Crippen LogP) is 1.81. The molecular formula is C26H29N9O5. The summed E-state index contributed by atoms with van der Waals surface area (Å²) in [7, 11) is 1.57. The largest absolute Gasteiger partial charge is 0.493 e. The van der Waals surface area contributed by atoms with Crippen molar-refractivity contribution in [3.8, 4) is 17.3 Å². The van der Waals surface area contributed by atoms with Crippen LogP contribution in [0.3, 0.4) is 0 Å². The Bertz CT molecular complexity index is 1480. The molecular weight excluding hydrogens is 518 g/mol. The normalized spacial score (nSPS) is 14.2. The fourth-order valence-electron chi connectivity index (χ4n) is 4.10. The summed E-state index contributed by atoms with van der Waals surface area (Å²) < 4.78 is 23.0. The first-order chi connectivity index (χ1) is 19.5. The van der Waals surface area contributed by atoms with Gasteiger partial charge >= 0.3 is 0 Å². The van der Waals surface area contributed by atoms with E-state index in [9.17, 15) is 4.79 Å². The number of aromatic nitrogens is 5. The van der Waals surface area contributed by atoms with Crippen molar-refractivity contribution in [1.29, 1.82) is 0 Å². The maximum atomic E-state index is 13.2. The van der Waals surface area contributed by atoms with Crippen molar-refractivity contribution >= 4 is 17.4 Å². The van der Waals surface area contributed by atoms with Crippen LogP contribution in [0.2, 0.25) is 0 Å². The average molecular weight is 548 g/mol. The minimum Gasteiger partial charge on any atom is -0.493 e. The molecule has 3 N–H and O–H groups in total. The second kappa shape index (κ2) is 12.4. The van der Waals surface area contributed by atoms with Crippen LogP contribution in [0, 0.1) is 0 Å². The first-order valence-electron chi connectivity index (χ1n) is 12.6. The van der Waals surface area contributed by atoms with Gasteiger partial charge in [-0.15, -0.1) is 5.10 Å². The number of methoxy groups -OCH3 is 1. The smallest absolute Gasteiger partial charge is 0.293 e. The molecule has 0 atom stereocenters. The Balaban J connectivity index is 1.32. The highest BCUT2D eigenvalue weighted by Crippen LogP contribution is 2.29. The molecule has 0 radical (unpaired) electrons. The second-order valence-corrected chi connectivity index (χ2v) is 8.94. The maximum absolute atomic E-state index is 13.2. The molecule has 1 aliphatic rings. The van der Waals surface area contributed by atoms with E-state index in [4.69, 9.17) is 24.6 Å². The molecule has 1 amide bonds. The van der Waals surface area contributed by atoms with E-state index in [-0.39, 0.29) is 17.3 Å². The number of amides is 1. The molecule has 1 saturated heterocycles. The van der Waals surface area contributed by atoms with Gasteiger partial charge in [0.2, 0.25) is 11.6 Å². The molecule has 3 heterocycles. The molecule has 2 aromatic heterocycles. The van der Waals surface area contributed by atoms with Gasteiger partial charge in [-0.25, -0.2) is 10.1 Å². The molecule has 2 aromatic carbocycles. The van der Waals surface area contributed by atoms with Crippen molar-refractivity contribution in [1.82, 2.24) is 35.6 Å². The van der Waals surface area contributed by atoms with Crippen LogP contribution in [0.5, 0.6) is 11.5 Å². The summed E-state index contributed by atoms with van der Waals surface area (Å²) in [5, 5.41) is 19.9. The van der Waals surface area contributed by atoms with Crippen molar-refractivity contribution in [2.24, 2.45) is 5.10 Å². The third-order valence-electron chi connectivity index (χ3n) is 6.30. The number of carbonyl (C=O) groups excluding carboxylic acids is 1. The van der Waals surface area contributed by atoms with Crippen LogP contribution in [-0.4, -0.2) is 75.2 Å². The third-order valence-corrected chi connectivity index (χ3v) is 6.30. The third kappa shape index (κ3) is 6.08. The Labute approximate surface area is 229 Å². The zero-order chi connectivity index (χ0) is 27.9. The maximum Gasteiger partial charge on any atom is 0.293 e. The molecule has 0 unspecified atom stereocenters. The highest BCUT2D eigenvalue weighted by Gasteiger charge is 2.26. The topological polar surface area (TPSA) is 168 Å². The van der Waals surface area contributed by atoms with E-state index < -0.39 is 5.91 Å². The highest BCUT2D eigenvalue weighted by atomic mass is 16.6. The zero-order valence-electron chi connectivity index (χ0n) is 22.1. The van der Waals surface area contributed by atoms with Crippen molar-refractivity contribution in [2.45, 2.75) is 20.1 Å². The molecule has 14 nitrogen and oxygen atoms in total. The molecule has 0 bridgehead atoms. The van der Waals surface area contributed by atoms with Crippen LogP contribution in [0.1, 0.15) is 34.2 Å². The Morgan fingerprint density at radius 3 is 2.65 bits per heavy atom. The summed E-state index contributed by atoms with van der Waals surface area (Å²) >= 11 is 0. The van der Waals surface area contributed by atoms with Crippen LogP contribution in [-0.2, 0) is 17.9 Å². The number of hydrazone groups is 1. The SMILES string of the molecule is COc1cc(/C(C)=N/NC(=O)c2nnn(-c3nonc3N)c2CN2CCOCC2)ccc1OCc1ccccc1. The van der Waals surface area contributed by atoms with Gasteiger partial charge in [-0.05, 0) is 41.0 Å². The number of morpholine rings is 1. The summed E-state index contributed by atoms with van der Waals surface area (Å²) in [4.78, 5) is 15.3. The number of benzene rings is 2. The van der Waals surface area contributed by atoms with Gasteiger partial charge in [0.05, 0.1) is 31.7 Å². The van der Waals surface area contributed by atoms with Gasteiger partial charge in [0.1, 0.15) is 6.61 Å². The molecule has 4 aromatic rings. The number of ether oxygens (including phenoxy) is 3. The average Bonchev–Trinajstić information content (AvgIpc) is 3.61. The number of anilines is 1. The van der Waals surface area contributed by atoms with E-state index in [2.05, 4.69) is 36.1 Å². The Hall–Kier alpha value is -4.82. The van der Waals surface area contributed by atoms with Crippen LogP contribution in [0.25, 0.3) is 5.82 Å². The number of hydrogen-bond acceptors (Lipinski definition) is 12. The lowest BCUT2D eigenvalue weighted by Gasteiger charge is -2.26. The standard InChI is InChI=1S/C26H29N9O5/c1-17(19-8-9-21(22(14-19)37-2)39-16-18-6-4-3-5-7-18)28-30-26(36)23-20(15-34-10-12-38-13-11-34)35(33-29-23)25-24(27)31-40-32-25/h3-9,14H,10-13,15-16H2,1-2H3,(H2,27,31)(H,30,36)/b28-17+. The van der Waals surface area contributed by atoms with Crippen molar-refractivity contribution in [2.75, 3.05) is 39.1 Å². The first kappa shape index (κ1) is 26.8. The first-order valence-corrected chi connectivity index (χ1v) is 12.6. The van der Waals surface area contributed by atoms with Gasteiger partial charge in [-0.3, -0.25) is 9.69 Å². The number of nitrogens with zero attached hydrogens (tertiary/aromatic N) is 7. The van der Waals surface area contributed by atoms with Gasteiger partial charge in [0, 0.05) is 25.2 Å². The molecule has 1 aliphatic heterocycles. The van der Waals surface area contributed by atoms with Crippen molar-refractivity contribution < 1.29 is 23.6 Å². The van der Waals surface area contributed by atoms with E-state index >= 15 is 0 Å². The zero-order valence-corrected chi connectivity index (χ0v) is 22.1. The number of hydrogen-bond donors (Lipinski definition) is 2. The molecule has 1 fully saturated rings. The lowest BCUT2D eigenvalue weighted by Crippen LogP contribution is -2.37. The Morgan fingerprint density at radius 2 is 1.93 bits per heavy atom. The van der Waals surface area contributed by atoms with E-state index in [0.29, 0.717) is 62.4 Å². The van der Waals surface area contributed by atoms with Crippen LogP contribution >= 0.6 is 0 Å². The Kier molecular flexibility index (Phi) is 8.27. The van der Waals surface area contributed by atoms with Gasteiger partial charge in [-0.1, -0.05) is 35.5 Å². The minimum atomic E-state index is -0.543. The number of rotatable bonds is 10. The van der Waals surface area contributed by atoms with Gasteiger partial charge in [0.15, 0.2) is 17.2 Å². The van der Waals surface area contributed by atoms with Crippen molar-refractivity contribution in [3.63, 3.8) is 0 Å². The number of carbonyl (C=O) groups is 1. The van der Waals surface area contributed by atoms with E-state index in [1.807, 2.05) is 36.4 Å². The fraction of sp³-hybridized carbons (Fsp3) is 0.308. The summed E-state index contributed by atoms with van der Waals surface area (Å²) in [6, 6.07) is 15.3. The second-order valence-electron chi connectivity index (χ2n) is 8.94. The molecule has 14 heteroatoms. The van der Waals surface area contributed by atoms with Crippen LogP contribution in [0.15, 0.2) is 58.3 Å². The quantitative estimate of drug-likeness (QED) is 0.219. The highest BCUT2D eigenvalue weighted by molar-refractivity contribution is 6.01. The monoisotopic (exact) mass is 547 g/mol. The predicted molar refractivity (Wildman–Crippen MR) is 143 cm³/mol. The van der Waals surface area contributed by atoms with E-state index in [1.54, 1.807) is 26.2 Å². The van der Waals surface area contributed by atoms with Gasteiger partial charge in [-0.2, -0.15) is 9.78 Å². The molecule has 0 saturated carbocycles. The van der Waals surface area contributed by atoms with Crippen LogP contribution < -0.4 is 20.6 Å².